The van der Waals surface area contributed by atoms with Gasteiger partial charge in [0.2, 0.25) is 5.91 Å². The average molecular weight is 364 g/mol. The van der Waals surface area contributed by atoms with Crippen molar-refractivity contribution < 1.29 is 13.2 Å². The van der Waals surface area contributed by atoms with Crippen molar-refractivity contribution in [3.8, 4) is 5.69 Å². The van der Waals surface area contributed by atoms with Gasteiger partial charge < -0.3 is 11.1 Å². The molecule has 0 aliphatic heterocycles. The number of nitrogens with zero attached hydrogens (tertiary/aromatic N) is 2. The Morgan fingerprint density at radius 2 is 1.92 bits per heavy atom. The number of carbonyl (C=O) groups excluding carboxylic acids is 1. The van der Waals surface area contributed by atoms with E-state index in [-0.39, 0.29) is 17.3 Å². The number of benzene rings is 1. The van der Waals surface area contributed by atoms with Crippen molar-refractivity contribution >= 4 is 21.4 Å². The molecule has 1 amide bonds. The molecule has 2 aromatic rings. The second-order valence-corrected chi connectivity index (χ2v) is 8.04. The van der Waals surface area contributed by atoms with Gasteiger partial charge in [-0.3, -0.25) is 4.79 Å². The fourth-order valence-corrected chi connectivity index (χ4v) is 3.56. The number of hydrogen-bond donors (Lipinski definition) is 2. The molecule has 1 aromatic heterocycles. The molecule has 0 saturated carbocycles. The van der Waals surface area contributed by atoms with Crippen LogP contribution in [-0.2, 0) is 14.6 Å². The van der Waals surface area contributed by atoms with Crippen LogP contribution in [0.15, 0.2) is 41.6 Å². The summed E-state index contributed by atoms with van der Waals surface area (Å²) in [6.45, 7) is 4.13. The molecule has 0 aliphatic rings. The van der Waals surface area contributed by atoms with Gasteiger partial charge in [0, 0.05) is 12.8 Å². The van der Waals surface area contributed by atoms with E-state index >= 15 is 0 Å². The first-order chi connectivity index (χ1) is 11.8. The molecular weight excluding hydrogens is 340 g/mol. The van der Waals surface area contributed by atoms with Crippen molar-refractivity contribution in [3.05, 3.63) is 36.7 Å². The Hall–Kier alpha value is -2.19. The van der Waals surface area contributed by atoms with Crippen LogP contribution in [0.3, 0.4) is 0 Å². The van der Waals surface area contributed by atoms with Crippen molar-refractivity contribution in [2.45, 2.75) is 31.6 Å². The summed E-state index contributed by atoms with van der Waals surface area (Å²) in [5.74, 6) is -0.157. The zero-order valence-electron chi connectivity index (χ0n) is 14.7. The minimum atomic E-state index is -3.40. The smallest absolute Gasteiger partial charge is 0.231 e. The molecule has 8 heteroatoms. The van der Waals surface area contributed by atoms with E-state index < -0.39 is 15.3 Å². The van der Waals surface area contributed by atoms with E-state index in [1.807, 2.05) is 13.8 Å². The van der Waals surface area contributed by atoms with Gasteiger partial charge in [-0.25, -0.2) is 13.1 Å². The van der Waals surface area contributed by atoms with Crippen LogP contribution >= 0.6 is 0 Å². The lowest BCUT2D eigenvalue weighted by Crippen LogP contribution is -2.41. The van der Waals surface area contributed by atoms with Gasteiger partial charge in [0.05, 0.1) is 34.1 Å². The Bertz CT molecular complexity index is 846. The number of anilines is 1. The summed E-state index contributed by atoms with van der Waals surface area (Å²) in [5, 5.41) is 7.01. The monoisotopic (exact) mass is 364 g/mol. The maximum Gasteiger partial charge on any atom is 0.231 e. The van der Waals surface area contributed by atoms with E-state index in [2.05, 4.69) is 10.4 Å². The summed E-state index contributed by atoms with van der Waals surface area (Å²) in [7, 11) is -3.40. The first-order valence-corrected chi connectivity index (χ1v) is 10.0. The molecule has 0 aliphatic carbocycles. The summed E-state index contributed by atoms with van der Waals surface area (Å²) < 4.78 is 25.3. The van der Waals surface area contributed by atoms with E-state index in [0.717, 1.165) is 6.26 Å². The molecule has 0 bridgehead atoms. The molecule has 0 unspecified atom stereocenters. The highest BCUT2D eigenvalue weighted by Gasteiger charge is 2.33. The van der Waals surface area contributed by atoms with Crippen molar-refractivity contribution in [3.63, 3.8) is 0 Å². The van der Waals surface area contributed by atoms with Crippen LogP contribution in [0.25, 0.3) is 5.69 Å². The predicted octanol–water partition coefficient (Wildman–Crippen LogP) is 1.98. The van der Waals surface area contributed by atoms with Gasteiger partial charge in [-0.2, -0.15) is 5.10 Å². The van der Waals surface area contributed by atoms with Crippen LogP contribution in [0.5, 0.6) is 0 Å². The molecule has 0 atom stereocenters. The Kier molecular flexibility index (Phi) is 5.64. The highest BCUT2D eigenvalue weighted by Crippen LogP contribution is 2.27. The molecule has 0 spiro atoms. The molecule has 3 N–H and O–H groups in total. The standard InChI is InChI=1S/C17H24N4O3S/c1-4-17(5-2,12-18)16(22)20-13-10-19-21(11-13)14-8-6-7-9-15(14)25(3,23)24/h6-11H,4-5,12,18H2,1-3H3,(H,20,22). The number of carbonyl (C=O) groups is 1. The number of para-hydroxylation sites is 1. The van der Waals surface area contributed by atoms with Crippen molar-refractivity contribution in [2.24, 2.45) is 11.1 Å². The summed E-state index contributed by atoms with van der Waals surface area (Å²) >= 11 is 0. The average Bonchev–Trinajstić information content (AvgIpc) is 3.04. The van der Waals surface area contributed by atoms with Gasteiger partial charge >= 0.3 is 0 Å². The predicted molar refractivity (Wildman–Crippen MR) is 97.4 cm³/mol. The molecule has 1 aromatic carbocycles. The van der Waals surface area contributed by atoms with Crippen molar-refractivity contribution in [1.29, 1.82) is 0 Å². The number of nitrogens with two attached hydrogens (primary N) is 1. The minimum absolute atomic E-state index is 0.157. The number of rotatable bonds is 7. The molecule has 0 fully saturated rings. The molecule has 25 heavy (non-hydrogen) atoms. The summed E-state index contributed by atoms with van der Waals surface area (Å²) in [5.41, 5.74) is 6.11. The summed E-state index contributed by atoms with van der Waals surface area (Å²) in [4.78, 5) is 12.8. The number of nitrogens with one attached hydrogen (secondary N) is 1. The lowest BCUT2D eigenvalue weighted by atomic mass is 9.81. The Labute approximate surface area is 148 Å². The topological polar surface area (TPSA) is 107 Å². The maximum atomic E-state index is 12.6. The second-order valence-electron chi connectivity index (χ2n) is 6.06. The van der Waals surface area contributed by atoms with Crippen molar-refractivity contribution in [2.75, 3.05) is 18.1 Å². The van der Waals surface area contributed by atoms with Gasteiger partial charge in [-0.15, -0.1) is 0 Å². The van der Waals surface area contributed by atoms with Crippen LogP contribution in [0.2, 0.25) is 0 Å². The van der Waals surface area contributed by atoms with Gasteiger partial charge in [0.1, 0.15) is 0 Å². The van der Waals surface area contributed by atoms with E-state index in [9.17, 15) is 13.2 Å². The van der Waals surface area contributed by atoms with Gasteiger partial charge in [0.25, 0.3) is 0 Å². The molecule has 2 rings (SSSR count). The lowest BCUT2D eigenvalue weighted by molar-refractivity contribution is -0.125. The molecule has 7 nitrogen and oxygen atoms in total. The normalized spacial score (nSPS) is 12.2. The molecule has 0 saturated heterocycles. The zero-order valence-corrected chi connectivity index (χ0v) is 15.5. The van der Waals surface area contributed by atoms with Crippen LogP contribution < -0.4 is 11.1 Å². The molecule has 0 radical (unpaired) electrons. The SMILES string of the molecule is CCC(CC)(CN)C(=O)Nc1cnn(-c2ccccc2S(C)(=O)=O)c1. The third kappa shape index (κ3) is 3.91. The Balaban J connectivity index is 2.32. The number of aromatic nitrogens is 2. The zero-order chi connectivity index (χ0) is 18.7. The minimum Gasteiger partial charge on any atom is -0.329 e. The highest BCUT2D eigenvalue weighted by atomic mass is 32.2. The lowest BCUT2D eigenvalue weighted by Gasteiger charge is -2.28. The molecule has 1 heterocycles. The fraction of sp³-hybridized carbons (Fsp3) is 0.412. The number of sulfone groups is 1. The molecule has 136 valence electrons. The van der Waals surface area contributed by atoms with Crippen LogP contribution in [0, 0.1) is 5.41 Å². The van der Waals surface area contributed by atoms with Crippen LogP contribution in [0.4, 0.5) is 5.69 Å². The van der Waals surface area contributed by atoms with E-state index in [4.69, 9.17) is 5.73 Å². The van der Waals surface area contributed by atoms with Gasteiger partial charge in [-0.05, 0) is 25.0 Å². The third-order valence-corrected chi connectivity index (χ3v) is 5.72. The largest absolute Gasteiger partial charge is 0.329 e. The van der Waals surface area contributed by atoms with Gasteiger partial charge in [-0.1, -0.05) is 26.0 Å². The summed E-state index contributed by atoms with van der Waals surface area (Å²) in [6, 6.07) is 6.58. The van der Waals surface area contributed by atoms with Crippen LogP contribution in [0.1, 0.15) is 26.7 Å². The second kappa shape index (κ2) is 7.37. The van der Waals surface area contributed by atoms with E-state index in [1.165, 1.54) is 16.9 Å². The highest BCUT2D eigenvalue weighted by molar-refractivity contribution is 7.90. The maximum absolute atomic E-state index is 12.6. The van der Waals surface area contributed by atoms with E-state index in [1.54, 1.807) is 24.4 Å². The Morgan fingerprint density at radius 1 is 1.28 bits per heavy atom. The molecular formula is C17H24N4O3S. The quantitative estimate of drug-likeness (QED) is 0.781. The van der Waals surface area contributed by atoms with Crippen molar-refractivity contribution in [1.82, 2.24) is 9.78 Å². The first kappa shape index (κ1) is 19.1. The third-order valence-electron chi connectivity index (χ3n) is 4.58. The first-order valence-electron chi connectivity index (χ1n) is 8.13. The van der Waals surface area contributed by atoms with Gasteiger partial charge in [0.15, 0.2) is 9.84 Å². The summed E-state index contributed by atoms with van der Waals surface area (Å²) in [6.07, 6.45) is 5.50. The number of amides is 1. The van der Waals surface area contributed by atoms with E-state index in [0.29, 0.717) is 24.2 Å². The fourth-order valence-electron chi connectivity index (χ4n) is 2.70. The Morgan fingerprint density at radius 3 is 2.48 bits per heavy atom. The van der Waals surface area contributed by atoms with Crippen LogP contribution in [-0.4, -0.2) is 36.9 Å². The number of hydrogen-bond acceptors (Lipinski definition) is 5.